The molecule has 0 radical (unpaired) electrons. The summed E-state index contributed by atoms with van der Waals surface area (Å²) >= 11 is 0. The van der Waals surface area contributed by atoms with Crippen LogP contribution in [0.15, 0.2) is 39.5 Å². The van der Waals surface area contributed by atoms with Gasteiger partial charge in [0, 0.05) is 23.2 Å². The lowest BCUT2D eigenvalue weighted by molar-refractivity contribution is -0.245. The van der Waals surface area contributed by atoms with Crippen molar-refractivity contribution in [2.75, 3.05) is 11.9 Å². The van der Waals surface area contributed by atoms with Crippen LogP contribution in [-0.2, 0) is 4.74 Å². The number of benzene rings is 1. The molecule has 5 atom stereocenters. The molecule has 0 spiro atoms. The maximum Gasteiger partial charge on any atom is 0.336 e. The fourth-order valence-electron chi connectivity index (χ4n) is 2.60. The van der Waals surface area contributed by atoms with Crippen molar-refractivity contribution in [3.8, 4) is 0 Å². The minimum Gasteiger partial charge on any atom is -0.423 e. The average molecular weight is 323 g/mol. The summed E-state index contributed by atoms with van der Waals surface area (Å²) in [5.74, 6) is 0. The van der Waals surface area contributed by atoms with Crippen LogP contribution in [0.25, 0.3) is 11.0 Å². The van der Waals surface area contributed by atoms with E-state index in [-0.39, 0.29) is 0 Å². The van der Waals surface area contributed by atoms with Crippen molar-refractivity contribution in [3.63, 3.8) is 0 Å². The topological polar surface area (TPSA) is 132 Å². The Morgan fingerprint density at radius 3 is 2.57 bits per heavy atom. The van der Waals surface area contributed by atoms with Crippen LogP contribution in [0, 0.1) is 0 Å². The van der Waals surface area contributed by atoms with Crippen LogP contribution < -0.4 is 10.9 Å². The number of aliphatic hydroxyl groups excluding tert-OH is 4. The van der Waals surface area contributed by atoms with Gasteiger partial charge in [-0.15, -0.1) is 0 Å². The third-order valence-electron chi connectivity index (χ3n) is 3.86. The van der Waals surface area contributed by atoms with Gasteiger partial charge >= 0.3 is 5.63 Å². The number of fused-ring (bicyclic) bond motifs is 1. The summed E-state index contributed by atoms with van der Waals surface area (Å²) in [4.78, 5) is 11.3. The summed E-state index contributed by atoms with van der Waals surface area (Å²) in [5, 5.41) is 42.5. The number of nitrogens with one attached hydrogen (secondary N) is 1. The van der Waals surface area contributed by atoms with Gasteiger partial charge < -0.3 is 34.9 Å². The van der Waals surface area contributed by atoms with Gasteiger partial charge in [-0.05, 0) is 18.2 Å². The molecule has 0 bridgehead atoms. The zero-order valence-corrected chi connectivity index (χ0v) is 12.0. The van der Waals surface area contributed by atoms with Crippen LogP contribution >= 0.6 is 0 Å². The number of aliphatic hydroxyl groups is 4. The zero-order valence-electron chi connectivity index (χ0n) is 12.0. The Morgan fingerprint density at radius 1 is 1.09 bits per heavy atom. The minimum absolute atomic E-state index is 0.344. The predicted molar refractivity (Wildman–Crippen MR) is 79.9 cm³/mol. The number of hydrogen-bond acceptors (Lipinski definition) is 8. The summed E-state index contributed by atoms with van der Waals surface area (Å²) in [7, 11) is 0. The lowest BCUT2D eigenvalue weighted by Crippen LogP contribution is -2.61. The van der Waals surface area contributed by atoms with Gasteiger partial charge in [-0.2, -0.15) is 0 Å². The molecule has 2 unspecified atom stereocenters. The Bertz CT molecular complexity index is 746. The standard InChI is InChI=1S/C15H17NO7/c17-6-10-13(19)14(20)12(15(21)23-10)16-8-3-1-7-2-4-11(18)22-9(7)5-8/h1-5,10,12-17,19-21H,6H2/t10?,12-,13+,14?,15+/m1/s1. The average Bonchev–Trinajstić information content (AvgIpc) is 2.54. The molecule has 3 rings (SSSR count). The van der Waals surface area contributed by atoms with E-state index in [1.807, 2.05) is 0 Å². The molecule has 1 aromatic carbocycles. The second-order valence-corrected chi connectivity index (χ2v) is 5.41. The molecule has 124 valence electrons. The Kier molecular flexibility index (Phi) is 4.33. The van der Waals surface area contributed by atoms with Crippen molar-refractivity contribution in [1.29, 1.82) is 0 Å². The third-order valence-corrected chi connectivity index (χ3v) is 3.86. The zero-order chi connectivity index (χ0) is 16.6. The second kappa shape index (κ2) is 6.26. The van der Waals surface area contributed by atoms with Gasteiger partial charge in [-0.3, -0.25) is 0 Å². The van der Waals surface area contributed by atoms with E-state index in [1.165, 1.54) is 6.07 Å². The van der Waals surface area contributed by atoms with Gasteiger partial charge in [0.05, 0.1) is 6.61 Å². The highest BCUT2D eigenvalue weighted by Gasteiger charge is 2.43. The van der Waals surface area contributed by atoms with Crippen molar-refractivity contribution in [2.24, 2.45) is 0 Å². The largest absolute Gasteiger partial charge is 0.423 e. The number of rotatable bonds is 3. The van der Waals surface area contributed by atoms with Crippen LogP contribution in [0.1, 0.15) is 0 Å². The Hall–Kier alpha value is -1.97. The molecule has 1 fully saturated rings. The van der Waals surface area contributed by atoms with Crippen LogP contribution in [-0.4, -0.2) is 57.7 Å². The minimum atomic E-state index is -1.43. The smallest absolute Gasteiger partial charge is 0.336 e. The van der Waals surface area contributed by atoms with Crippen LogP contribution in [0.5, 0.6) is 0 Å². The Morgan fingerprint density at radius 2 is 1.83 bits per heavy atom. The molecule has 0 aliphatic carbocycles. The SMILES string of the molecule is O=c1ccc2ccc(N[C@@H]3C(O)[C@@H](O)C(CO)O[C@@H]3O)cc2o1. The van der Waals surface area contributed by atoms with Crippen molar-refractivity contribution < 1.29 is 29.6 Å². The van der Waals surface area contributed by atoms with E-state index in [4.69, 9.17) is 14.3 Å². The fourth-order valence-corrected chi connectivity index (χ4v) is 2.60. The number of anilines is 1. The molecule has 0 saturated carbocycles. The quantitative estimate of drug-likeness (QED) is 0.455. The summed E-state index contributed by atoms with van der Waals surface area (Å²) in [6.45, 7) is -0.525. The van der Waals surface area contributed by atoms with Crippen molar-refractivity contribution in [2.45, 2.75) is 30.6 Å². The fraction of sp³-hybridized carbons (Fsp3) is 0.400. The second-order valence-electron chi connectivity index (χ2n) is 5.41. The number of hydrogen-bond donors (Lipinski definition) is 5. The van der Waals surface area contributed by atoms with E-state index in [0.717, 1.165) is 5.39 Å². The van der Waals surface area contributed by atoms with E-state index in [2.05, 4.69) is 5.32 Å². The maximum atomic E-state index is 11.3. The molecule has 23 heavy (non-hydrogen) atoms. The van der Waals surface area contributed by atoms with Gasteiger partial charge in [-0.1, -0.05) is 0 Å². The third kappa shape index (κ3) is 3.07. The lowest BCUT2D eigenvalue weighted by Gasteiger charge is -2.40. The molecule has 2 heterocycles. The highest BCUT2D eigenvalue weighted by molar-refractivity contribution is 5.80. The van der Waals surface area contributed by atoms with Crippen molar-refractivity contribution in [1.82, 2.24) is 0 Å². The van der Waals surface area contributed by atoms with E-state index >= 15 is 0 Å². The molecular formula is C15H17NO7. The molecule has 5 N–H and O–H groups in total. The van der Waals surface area contributed by atoms with Gasteiger partial charge in [0.2, 0.25) is 0 Å². The van der Waals surface area contributed by atoms with E-state index in [0.29, 0.717) is 11.3 Å². The summed E-state index contributed by atoms with van der Waals surface area (Å²) in [6, 6.07) is 6.83. The van der Waals surface area contributed by atoms with Crippen LogP contribution in [0.3, 0.4) is 0 Å². The molecule has 1 saturated heterocycles. The van der Waals surface area contributed by atoms with Gasteiger partial charge in [-0.25, -0.2) is 4.79 Å². The molecule has 1 aliphatic heterocycles. The first-order valence-corrected chi connectivity index (χ1v) is 7.10. The van der Waals surface area contributed by atoms with E-state index in [1.54, 1.807) is 24.3 Å². The normalized spacial score (nSPS) is 31.2. The number of ether oxygens (including phenoxy) is 1. The van der Waals surface area contributed by atoms with Gasteiger partial charge in [0.25, 0.3) is 0 Å². The highest BCUT2D eigenvalue weighted by Crippen LogP contribution is 2.24. The van der Waals surface area contributed by atoms with E-state index < -0.39 is 42.9 Å². The van der Waals surface area contributed by atoms with Crippen molar-refractivity contribution >= 4 is 16.7 Å². The predicted octanol–water partition coefficient (Wildman–Crippen LogP) is -0.995. The van der Waals surface area contributed by atoms with E-state index in [9.17, 15) is 20.1 Å². The van der Waals surface area contributed by atoms with Crippen molar-refractivity contribution in [3.05, 3.63) is 40.8 Å². The molecule has 2 aromatic rings. The first-order valence-electron chi connectivity index (χ1n) is 7.10. The maximum absolute atomic E-state index is 11.3. The lowest BCUT2D eigenvalue weighted by atomic mass is 9.97. The summed E-state index contributed by atoms with van der Waals surface area (Å²) < 4.78 is 10.1. The van der Waals surface area contributed by atoms with Crippen LogP contribution in [0.2, 0.25) is 0 Å². The molecule has 1 aliphatic rings. The Labute approximate surface area is 130 Å². The molecule has 0 amide bonds. The molecule has 8 nitrogen and oxygen atoms in total. The molecule has 1 aromatic heterocycles. The first-order chi connectivity index (χ1) is 11.0. The van der Waals surface area contributed by atoms with Crippen LogP contribution in [0.4, 0.5) is 5.69 Å². The van der Waals surface area contributed by atoms with Gasteiger partial charge in [0.1, 0.15) is 29.9 Å². The molecule has 8 heteroatoms. The Balaban J connectivity index is 1.84. The monoisotopic (exact) mass is 323 g/mol. The molecular weight excluding hydrogens is 306 g/mol. The highest BCUT2D eigenvalue weighted by atomic mass is 16.6. The van der Waals surface area contributed by atoms with Gasteiger partial charge in [0.15, 0.2) is 6.29 Å². The first kappa shape index (κ1) is 15.9. The summed E-state index contributed by atoms with van der Waals surface area (Å²) in [5.41, 5.74) is 0.321. The summed E-state index contributed by atoms with van der Waals surface area (Å²) in [6.07, 6.45) is -5.19.